The quantitative estimate of drug-likeness (QED) is 0.861. The maximum atomic E-state index is 12.5. The van der Waals surface area contributed by atoms with Crippen molar-refractivity contribution in [3.63, 3.8) is 0 Å². The predicted molar refractivity (Wildman–Crippen MR) is 80.2 cm³/mol. The van der Waals surface area contributed by atoms with Crippen molar-refractivity contribution >= 4 is 27.3 Å². The summed E-state index contributed by atoms with van der Waals surface area (Å²) in [6.45, 7) is 3.18. The molecule has 1 N–H and O–H groups in total. The van der Waals surface area contributed by atoms with Gasteiger partial charge in [-0.2, -0.15) is 0 Å². The van der Waals surface area contributed by atoms with E-state index in [4.69, 9.17) is 0 Å². The Labute approximate surface area is 124 Å². The van der Waals surface area contributed by atoms with Gasteiger partial charge in [0, 0.05) is 31.1 Å². The first-order valence-electron chi connectivity index (χ1n) is 6.43. The molecule has 0 unspecified atom stereocenters. The summed E-state index contributed by atoms with van der Waals surface area (Å²) in [4.78, 5) is 25.5. The Bertz CT molecular complexity index is 722. The average molecular weight is 310 g/mol. The highest BCUT2D eigenvalue weighted by atomic mass is 32.2. The van der Waals surface area contributed by atoms with Crippen LogP contribution in [-0.4, -0.2) is 43.2 Å². The molecule has 0 spiro atoms. The van der Waals surface area contributed by atoms with Gasteiger partial charge in [-0.15, -0.1) is 0 Å². The number of hydrogen-bond acceptors (Lipinski definition) is 4. The third kappa shape index (κ3) is 2.65. The zero-order chi connectivity index (χ0) is 16.0. The van der Waals surface area contributed by atoms with E-state index in [-0.39, 0.29) is 6.03 Å². The number of fused-ring (bicyclic) bond motifs is 1. The number of sulfone groups is 1. The second-order valence-electron chi connectivity index (χ2n) is 5.77. The molecule has 0 saturated carbocycles. The fraction of sp³-hybridized carbons (Fsp3) is 0.429. The van der Waals surface area contributed by atoms with Crippen LogP contribution in [0.3, 0.4) is 0 Å². The van der Waals surface area contributed by atoms with E-state index < -0.39 is 20.4 Å². The molecule has 0 fully saturated rings. The Balaban J connectivity index is 2.42. The van der Waals surface area contributed by atoms with Gasteiger partial charge in [0.15, 0.2) is 15.6 Å². The largest absolute Gasteiger partial charge is 0.323 e. The molecule has 2 rings (SSSR count). The normalized spacial score (nSPS) is 15.4. The molecule has 21 heavy (non-hydrogen) atoms. The summed E-state index contributed by atoms with van der Waals surface area (Å²) in [7, 11) is -1.87. The highest BCUT2D eigenvalue weighted by Gasteiger charge is 2.39. The molecular weight excluding hydrogens is 292 g/mol. The van der Waals surface area contributed by atoms with Crippen molar-refractivity contribution in [2.45, 2.75) is 25.1 Å². The predicted octanol–water partition coefficient (Wildman–Crippen LogP) is 1.67. The van der Waals surface area contributed by atoms with E-state index in [2.05, 4.69) is 5.32 Å². The van der Waals surface area contributed by atoms with E-state index in [1.165, 1.54) is 18.7 Å². The van der Waals surface area contributed by atoms with Crippen LogP contribution in [0.5, 0.6) is 0 Å². The number of ketones is 1. The zero-order valence-electron chi connectivity index (χ0n) is 12.4. The second kappa shape index (κ2) is 4.84. The van der Waals surface area contributed by atoms with Crippen LogP contribution in [0.2, 0.25) is 0 Å². The van der Waals surface area contributed by atoms with E-state index in [1.807, 2.05) is 0 Å². The molecule has 7 heteroatoms. The third-order valence-corrected chi connectivity index (χ3v) is 5.88. The first-order chi connectivity index (χ1) is 9.54. The highest BCUT2D eigenvalue weighted by molar-refractivity contribution is 7.92. The SMILES string of the molecule is CN1Cc2cc(C(=O)C(C)(C)S(C)(=O)=O)ccc2NC1=O. The van der Waals surface area contributed by atoms with Crippen LogP contribution in [0.25, 0.3) is 0 Å². The zero-order valence-corrected chi connectivity index (χ0v) is 13.2. The van der Waals surface area contributed by atoms with Gasteiger partial charge in [0.1, 0.15) is 4.75 Å². The molecule has 0 radical (unpaired) electrons. The number of benzene rings is 1. The van der Waals surface area contributed by atoms with Gasteiger partial charge < -0.3 is 10.2 Å². The lowest BCUT2D eigenvalue weighted by Gasteiger charge is -2.27. The van der Waals surface area contributed by atoms with Crippen LogP contribution in [0, 0.1) is 0 Å². The minimum absolute atomic E-state index is 0.210. The lowest BCUT2D eigenvalue weighted by Crippen LogP contribution is -2.40. The molecule has 0 saturated heterocycles. The van der Waals surface area contributed by atoms with Crippen molar-refractivity contribution in [1.82, 2.24) is 4.90 Å². The number of carbonyl (C=O) groups excluding carboxylic acids is 2. The Morgan fingerprint density at radius 1 is 1.33 bits per heavy atom. The van der Waals surface area contributed by atoms with Crippen LogP contribution in [-0.2, 0) is 16.4 Å². The molecule has 0 atom stereocenters. The molecule has 2 amide bonds. The minimum Gasteiger partial charge on any atom is -0.323 e. The molecule has 1 heterocycles. The lowest BCUT2D eigenvalue weighted by molar-refractivity contribution is 0.0954. The number of Topliss-reactive ketones (excluding diaryl/α,β-unsaturated/α-hetero) is 1. The molecule has 0 aromatic heterocycles. The van der Waals surface area contributed by atoms with Crippen LogP contribution in [0.4, 0.5) is 10.5 Å². The summed E-state index contributed by atoms with van der Waals surface area (Å²) in [6, 6.07) is 4.60. The van der Waals surface area contributed by atoms with Crippen LogP contribution in [0.1, 0.15) is 29.8 Å². The molecule has 1 aromatic rings. The van der Waals surface area contributed by atoms with Gasteiger partial charge in [-0.25, -0.2) is 13.2 Å². The van der Waals surface area contributed by atoms with Crippen molar-refractivity contribution in [1.29, 1.82) is 0 Å². The first-order valence-corrected chi connectivity index (χ1v) is 8.32. The van der Waals surface area contributed by atoms with Crippen LogP contribution >= 0.6 is 0 Å². The summed E-state index contributed by atoms with van der Waals surface area (Å²) in [5, 5.41) is 2.70. The van der Waals surface area contributed by atoms with Gasteiger partial charge in [0.25, 0.3) is 0 Å². The molecule has 1 aliphatic heterocycles. The Morgan fingerprint density at radius 3 is 2.52 bits per heavy atom. The molecule has 0 bridgehead atoms. The number of nitrogens with one attached hydrogen (secondary N) is 1. The second-order valence-corrected chi connectivity index (χ2v) is 8.33. The topological polar surface area (TPSA) is 83.6 Å². The Kier molecular flexibility index (Phi) is 3.57. The monoisotopic (exact) mass is 310 g/mol. The summed E-state index contributed by atoms with van der Waals surface area (Å²) in [6.07, 6.45) is 1.05. The number of anilines is 1. The van der Waals surface area contributed by atoms with Gasteiger partial charge in [-0.1, -0.05) is 0 Å². The van der Waals surface area contributed by atoms with Gasteiger partial charge in [-0.3, -0.25) is 4.79 Å². The van der Waals surface area contributed by atoms with Crippen molar-refractivity contribution < 1.29 is 18.0 Å². The van der Waals surface area contributed by atoms with Crippen LogP contribution < -0.4 is 5.32 Å². The van der Waals surface area contributed by atoms with Crippen LogP contribution in [0.15, 0.2) is 18.2 Å². The smallest absolute Gasteiger partial charge is 0.321 e. The summed E-state index contributed by atoms with van der Waals surface area (Å²) < 4.78 is 22.0. The van der Waals surface area contributed by atoms with E-state index in [1.54, 1.807) is 25.2 Å². The summed E-state index contributed by atoms with van der Waals surface area (Å²) in [5.74, 6) is -0.452. The number of urea groups is 1. The molecular formula is C14H18N2O4S. The first kappa shape index (κ1) is 15.5. The third-order valence-electron chi connectivity index (χ3n) is 3.84. The van der Waals surface area contributed by atoms with Crippen molar-refractivity contribution in [3.05, 3.63) is 29.3 Å². The Hall–Kier alpha value is -1.89. The summed E-state index contributed by atoms with van der Waals surface area (Å²) >= 11 is 0. The molecule has 6 nitrogen and oxygen atoms in total. The maximum Gasteiger partial charge on any atom is 0.321 e. The molecule has 1 aliphatic rings. The molecule has 0 aliphatic carbocycles. The van der Waals surface area contributed by atoms with E-state index >= 15 is 0 Å². The molecule has 1 aromatic carbocycles. The number of rotatable bonds is 3. The van der Waals surface area contributed by atoms with E-state index in [0.29, 0.717) is 17.8 Å². The minimum atomic E-state index is -3.52. The number of amides is 2. The lowest BCUT2D eigenvalue weighted by atomic mass is 9.97. The number of carbonyl (C=O) groups is 2. The Morgan fingerprint density at radius 2 is 1.95 bits per heavy atom. The van der Waals surface area contributed by atoms with Crippen molar-refractivity contribution in [2.24, 2.45) is 0 Å². The summed E-state index contributed by atoms with van der Waals surface area (Å²) in [5.41, 5.74) is 1.76. The van der Waals surface area contributed by atoms with E-state index in [0.717, 1.165) is 11.8 Å². The van der Waals surface area contributed by atoms with Gasteiger partial charge >= 0.3 is 6.03 Å². The average Bonchev–Trinajstić information content (AvgIpc) is 2.37. The van der Waals surface area contributed by atoms with E-state index in [9.17, 15) is 18.0 Å². The standard InChI is InChI=1S/C14H18N2O4S/c1-14(2,21(4,19)20)12(17)9-5-6-11-10(7-9)8-16(3)13(18)15-11/h5-7H,8H2,1-4H3,(H,15,18). The fourth-order valence-corrected chi connectivity index (χ4v) is 2.50. The van der Waals surface area contributed by atoms with Crippen molar-refractivity contribution in [2.75, 3.05) is 18.6 Å². The maximum absolute atomic E-state index is 12.5. The van der Waals surface area contributed by atoms with Gasteiger partial charge in [0.05, 0.1) is 0 Å². The van der Waals surface area contributed by atoms with Gasteiger partial charge in [-0.05, 0) is 37.6 Å². The number of nitrogens with zero attached hydrogens (tertiary/aromatic N) is 1. The number of hydrogen-bond donors (Lipinski definition) is 1. The highest BCUT2D eigenvalue weighted by Crippen LogP contribution is 2.27. The van der Waals surface area contributed by atoms with Crippen molar-refractivity contribution in [3.8, 4) is 0 Å². The fourth-order valence-electron chi connectivity index (χ4n) is 2.04. The van der Waals surface area contributed by atoms with Gasteiger partial charge in [0.2, 0.25) is 0 Å². The molecule has 114 valence electrons.